The van der Waals surface area contributed by atoms with Gasteiger partial charge in [0.25, 0.3) is 5.91 Å². The first-order valence-electron chi connectivity index (χ1n) is 5.60. The van der Waals surface area contributed by atoms with E-state index in [1.165, 1.54) is 18.2 Å². The lowest BCUT2D eigenvalue weighted by molar-refractivity contribution is 0.0546. The summed E-state index contributed by atoms with van der Waals surface area (Å²) in [5.74, 6) is -0.681. The summed E-state index contributed by atoms with van der Waals surface area (Å²) in [4.78, 5) is 13.7. The molecule has 3 N–H and O–H groups in total. The van der Waals surface area contributed by atoms with Crippen molar-refractivity contribution in [2.75, 3.05) is 18.8 Å². The van der Waals surface area contributed by atoms with Crippen LogP contribution in [0.2, 0.25) is 0 Å². The number of carbonyl (C=O) groups is 1. The summed E-state index contributed by atoms with van der Waals surface area (Å²) >= 11 is 0. The van der Waals surface area contributed by atoms with Crippen molar-refractivity contribution >= 4 is 11.6 Å². The molecule has 0 bridgehead atoms. The summed E-state index contributed by atoms with van der Waals surface area (Å²) in [6, 6.07) is 3.98. The minimum absolute atomic E-state index is 0.0205. The molecule has 0 spiro atoms. The Labute approximate surface area is 98.8 Å². The topological polar surface area (TPSA) is 66.6 Å². The van der Waals surface area contributed by atoms with Crippen LogP contribution in [-0.2, 0) is 0 Å². The highest BCUT2D eigenvalue weighted by molar-refractivity contribution is 5.95. The fourth-order valence-electron chi connectivity index (χ4n) is 1.93. The number of halogens is 1. The molecular formula is C12H15FN2O2. The quantitative estimate of drug-likeness (QED) is 0.717. The second-order valence-corrected chi connectivity index (χ2v) is 4.26. The fourth-order valence-corrected chi connectivity index (χ4v) is 1.93. The molecule has 0 unspecified atom stereocenters. The van der Waals surface area contributed by atoms with Gasteiger partial charge in [-0.1, -0.05) is 0 Å². The molecular weight excluding hydrogens is 223 g/mol. The van der Waals surface area contributed by atoms with E-state index in [4.69, 9.17) is 5.73 Å². The van der Waals surface area contributed by atoms with E-state index in [2.05, 4.69) is 0 Å². The van der Waals surface area contributed by atoms with Crippen LogP contribution in [0.25, 0.3) is 0 Å². The van der Waals surface area contributed by atoms with Crippen LogP contribution in [0.1, 0.15) is 23.2 Å². The Morgan fingerprint density at radius 3 is 2.65 bits per heavy atom. The third-order valence-corrected chi connectivity index (χ3v) is 2.99. The predicted octanol–water partition coefficient (Wildman–Crippen LogP) is 1.00. The Morgan fingerprint density at radius 1 is 1.41 bits per heavy atom. The molecule has 92 valence electrons. The summed E-state index contributed by atoms with van der Waals surface area (Å²) in [6.07, 6.45) is 0.850. The van der Waals surface area contributed by atoms with Crippen LogP contribution >= 0.6 is 0 Å². The van der Waals surface area contributed by atoms with Gasteiger partial charge in [-0.3, -0.25) is 4.79 Å². The summed E-state index contributed by atoms with van der Waals surface area (Å²) < 4.78 is 13.0. The molecule has 0 aromatic heterocycles. The van der Waals surface area contributed by atoms with E-state index in [1.807, 2.05) is 0 Å². The Bertz CT molecular complexity index is 429. The van der Waals surface area contributed by atoms with Crippen molar-refractivity contribution in [2.24, 2.45) is 0 Å². The van der Waals surface area contributed by atoms with Gasteiger partial charge in [-0.05, 0) is 31.0 Å². The number of nitrogens with zero attached hydrogens (tertiary/aromatic N) is 1. The molecule has 0 aliphatic carbocycles. The summed E-state index contributed by atoms with van der Waals surface area (Å²) in [5, 5.41) is 9.35. The van der Waals surface area contributed by atoms with Gasteiger partial charge in [0.1, 0.15) is 5.82 Å². The van der Waals surface area contributed by atoms with Crippen molar-refractivity contribution in [2.45, 2.75) is 18.9 Å². The standard InChI is InChI=1S/C12H15FN2O2/c13-10-2-1-8(7-11(10)14)12(17)15-5-3-9(16)4-6-15/h1-2,7,9,16H,3-6,14H2. The van der Waals surface area contributed by atoms with Gasteiger partial charge in [0, 0.05) is 18.7 Å². The molecule has 1 aromatic rings. The van der Waals surface area contributed by atoms with Crippen LogP contribution in [0.3, 0.4) is 0 Å². The fraction of sp³-hybridized carbons (Fsp3) is 0.417. The van der Waals surface area contributed by atoms with Crippen LogP contribution in [-0.4, -0.2) is 35.1 Å². The lowest BCUT2D eigenvalue weighted by Crippen LogP contribution is -2.40. The van der Waals surface area contributed by atoms with E-state index in [1.54, 1.807) is 4.90 Å². The number of amides is 1. The molecule has 0 saturated carbocycles. The summed E-state index contributed by atoms with van der Waals surface area (Å²) in [6.45, 7) is 1.05. The highest BCUT2D eigenvalue weighted by atomic mass is 19.1. The predicted molar refractivity (Wildman–Crippen MR) is 62.0 cm³/mol. The largest absolute Gasteiger partial charge is 0.396 e. The number of aliphatic hydroxyl groups is 1. The molecule has 1 aliphatic rings. The smallest absolute Gasteiger partial charge is 0.253 e. The van der Waals surface area contributed by atoms with E-state index in [0.717, 1.165) is 0 Å². The molecule has 1 heterocycles. The summed E-state index contributed by atoms with van der Waals surface area (Å²) in [7, 11) is 0. The lowest BCUT2D eigenvalue weighted by atomic mass is 10.1. The van der Waals surface area contributed by atoms with Crippen molar-refractivity contribution in [3.8, 4) is 0 Å². The maximum Gasteiger partial charge on any atom is 0.253 e. The minimum atomic E-state index is -0.518. The molecule has 1 aromatic carbocycles. The second kappa shape index (κ2) is 4.71. The van der Waals surface area contributed by atoms with Crippen LogP contribution in [0.15, 0.2) is 18.2 Å². The van der Waals surface area contributed by atoms with Gasteiger partial charge in [-0.25, -0.2) is 4.39 Å². The third kappa shape index (κ3) is 2.55. The zero-order valence-electron chi connectivity index (χ0n) is 9.40. The number of benzene rings is 1. The number of carbonyl (C=O) groups excluding carboxylic acids is 1. The maximum atomic E-state index is 13.0. The lowest BCUT2D eigenvalue weighted by Gasteiger charge is -2.29. The molecule has 1 fully saturated rings. The number of aliphatic hydroxyl groups excluding tert-OH is 1. The maximum absolute atomic E-state index is 13.0. The zero-order valence-corrected chi connectivity index (χ0v) is 9.40. The number of anilines is 1. The highest BCUT2D eigenvalue weighted by Crippen LogP contribution is 2.17. The average molecular weight is 238 g/mol. The first-order valence-corrected chi connectivity index (χ1v) is 5.60. The summed E-state index contributed by atoms with van der Waals surface area (Å²) in [5.41, 5.74) is 5.79. The van der Waals surface area contributed by atoms with Gasteiger partial charge in [0.2, 0.25) is 0 Å². The van der Waals surface area contributed by atoms with Gasteiger partial charge in [-0.2, -0.15) is 0 Å². The number of hydrogen-bond donors (Lipinski definition) is 2. The Kier molecular flexibility index (Phi) is 3.28. The van der Waals surface area contributed by atoms with Crippen molar-refractivity contribution in [1.29, 1.82) is 0 Å². The molecule has 1 amide bonds. The monoisotopic (exact) mass is 238 g/mol. The minimum Gasteiger partial charge on any atom is -0.396 e. The number of nitrogens with two attached hydrogens (primary N) is 1. The van der Waals surface area contributed by atoms with E-state index < -0.39 is 5.82 Å². The van der Waals surface area contributed by atoms with Crippen LogP contribution < -0.4 is 5.73 Å². The Morgan fingerprint density at radius 2 is 2.06 bits per heavy atom. The van der Waals surface area contributed by atoms with E-state index in [0.29, 0.717) is 31.5 Å². The molecule has 0 atom stereocenters. The SMILES string of the molecule is Nc1cc(C(=O)N2CCC(O)CC2)ccc1F. The average Bonchev–Trinajstić information content (AvgIpc) is 2.33. The third-order valence-electron chi connectivity index (χ3n) is 2.99. The number of nitrogen functional groups attached to an aromatic ring is 1. The van der Waals surface area contributed by atoms with Gasteiger partial charge in [0.15, 0.2) is 0 Å². The van der Waals surface area contributed by atoms with Gasteiger partial charge < -0.3 is 15.7 Å². The molecule has 17 heavy (non-hydrogen) atoms. The van der Waals surface area contributed by atoms with E-state index in [9.17, 15) is 14.3 Å². The zero-order chi connectivity index (χ0) is 12.4. The van der Waals surface area contributed by atoms with Gasteiger partial charge in [0.05, 0.1) is 11.8 Å². The van der Waals surface area contributed by atoms with Crippen LogP contribution in [0.5, 0.6) is 0 Å². The van der Waals surface area contributed by atoms with E-state index >= 15 is 0 Å². The Balaban J connectivity index is 2.11. The molecule has 1 aliphatic heterocycles. The number of rotatable bonds is 1. The number of likely N-dealkylation sites (tertiary alicyclic amines) is 1. The first-order chi connectivity index (χ1) is 8.08. The van der Waals surface area contributed by atoms with E-state index in [-0.39, 0.29) is 17.7 Å². The van der Waals surface area contributed by atoms with Gasteiger partial charge >= 0.3 is 0 Å². The van der Waals surface area contributed by atoms with Crippen molar-refractivity contribution in [3.63, 3.8) is 0 Å². The first kappa shape index (κ1) is 11.9. The molecule has 0 radical (unpaired) electrons. The van der Waals surface area contributed by atoms with Crippen molar-refractivity contribution in [1.82, 2.24) is 4.90 Å². The highest BCUT2D eigenvalue weighted by Gasteiger charge is 2.22. The normalized spacial score (nSPS) is 17.2. The van der Waals surface area contributed by atoms with Crippen molar-refractivity contribution < 1.29 is 14.3 Å². The molecule has 2 rings (SSSR count). The number of piperidine rings is 1. The molecule has 5 heteroatoms. The Hall–Kier alpha value is -1.62. The van der Waals surface area contributed by atoms with Crippen LogP contribution in [0, 0.1) is 5.82 Å². The molecule has 1 saturated heterocycles. The number of hydrogen-bond acceptors (Lipinski definition) is 3. The van der Waals surface area contributed by atoms with Crippen molar-refractivity contribution in [3.05, 3.63) is 29.6 Å². The second-order valence-electron chi connectivity index (χ2n) is 4.26. The van der Waals surface area contributed by atoms with Crippen LogP contribution in [0.4, 0.5) is 10.1 Å². The van der Waals surface area contributed by atoms with Gasteiger partial charge in [-0.15, -0.1) is 0 Å². The molecule has 4 nitrogen and oxygen atoms in total.